The first-order valence-electron chi connectivity index (χ1n) is 10.2. The second-order valence-electron chi connectivity index (χ2n) is 7.49. The Hall–Kier alpha value is -2.29. The molecule has 0 unspecified atom stereocenters. The maximum absolute atomic E-state index is 12.9. The molecule has 1 aromatic heterocycles. The van der Waals surface area contributed by atoms with Gasteiger partial charge in [-0.05, 0) is 98.8 Å². The van der Waals surface area contributed by atoms with Crippen LogP contribution in [0.2, 0.25) is 10.0 Å². The summed E-state index contributed by atoms with van der Waals surface area (Å²) in [6, 6.07) is 11.3. The van der Waals surface area contributed by atoms with Crippen LogP contribution in [0.5, 0.6) is 5.75 Å². The van der Waals surface area contributed by atoms with Crippen molar-refractivity contribution in [3.63, 3.8) is 0 Å². The lowest BCUT2D eigenvalue weighted by Gasteiger charge is -2.12. The molecule has 1 aliphatic rings. The number of carbonyl (C=O) groups excluding carboxylic acids is 3. The van der Waals surface area contributed by atoms with Gasteiger partial charge in [-0.15, -0.1) is 0 Å². The Kier molecular flexibility index (Phi) is 8.48. The highest BCUT2D eigenvalue weighted by Crippen LogP contribution is 2.31. The van der Waals surface area contributed by atoms with Gasteiger partial charge in [0.25, 0.3) is 5.91 Å². The van der Waals surface area contributed by atoms with Crippen LogP contribution in [0.4, 0.5) is 4.79 Å². The third-order valence-electron chi connectivity index (χ3n) is 5.02. The van der Waals surface area contributed by atoms with Gasteiger partial charge in [0.05, 0.1) is 30.8 Å². The third kappa shape index (κ3) is 5.98. The van der Waals surface area contributed by atoms with Crippen molar-refractivity contribution in [3.05, 3.63) is 88.0 Å². The first kappa shape index (κ1) is 26.8. The fourth-order valence-corrected chi connectivity index (χ4v) is 5.74. The Bertz CT molecular complexity index is 1380. The van der Waals surface area contributed by atoms with Crippen molar-refractivity contribution in [2.45, 2.75) is 13.2 Å². The molecule has 1 fully saturated rings. The Morgan fingerprint density at radius 1 is 1.08 bits per heavy atom. The minimum absolute atomic E-state index is 0.0130. The van der Waals surface area contributed by atoms with E-state index >= 15 is 0 Å². The number of rotatable bonds is 7. The highest BCUT2D eigenvalue weighted by Gasteiger charge is 2.34. The zero-order valence-corrected chi connectivity index (χ0v) is 24.3. The van der Waals surface area contributed by atoms with E-state index in [4.69, 9.17) is 32.4 Å². The number of methoxy groups -OCH3 is 1. The summed E-state index contributed by atoms with van der Waals surface area (Å²) in [5, 5.41) is 3.51. The van der Waals surface area contributed by atoms with Crippen LogP contribution in [-0.2, 0) is 22.7 Å². The number of nitrogens with zero attached hydrogens (tertiary/aromatic N) is 1. The SMILES string of the molecule is COC(=O)c1ccc(CN2C(=O)N/C(=C\c3cc(I)c(OCc4ccc(Cl)c(Cl)c4)c(I)c3)C2=O)o1. The van der Waals surface area contributed by atoms with Crippen molar-refractivity contribution in [2.75, 3.05) is 7.11 Å². The highest BCUT2D eigenvalue weighted by molar-refractivity contribution is 14.1. The number of ether oxygens (including phenoxy) is 2. The number of urea groups is 1. The number of halogens is 4. The number of benzene rings is 2. The van der Waals surface area contributed by atoms with Gasteiger partial charge >= 0.3 is 12.0 Å². The smallest absolute Gasteiger partial charge is 0.373 e. The predicted octanol–water partition coefficient (Wildman–Crippen LogP) is 6.25. The fraction of sp³-hybridized carbons (Fsp3) is 0.125. The van der Waals surface area contributed by atoms with Gasteiger partial charge in [0.15, 0.2) is 0 Å². The molecule has 36 heavy (non-hydrogen) atoms. The molecule has 0 saturated carbocycles. The van der Waals surface area contributed by atoms with Crippen LogP contribution < -0.4 is 10.1 Å². The van der Waals surface area contributed by atoms with Crippen LogP contribution in [0.3, 0.4) is 0 Å². The minimum atomic E-state index is -0.646. The lowest BCUT2D eigenvalue weighted by atomic mass is 10.2. The second-order valence-corrected chi connectivity index (χ2v) is 10.6. The Morgan fingerprint density at radius 3 is 2.47 bits per heavy atom. The summed E-state index contributed by atoms with van der Waals surface area (Å²) in [5.74, 6) is -0.214. The van der Waals surface area contributed by atoms with Gasteiger partial charge in [-0.3, -0.25) is 9.69 Å². The molecule has 0 aliphatic carbocycles. The summed E-state index contributed by atoms with van der Waals surface area (Å²) in [5.41, 5.74) is 1.70. The number of hydrogen-bond donors (Lipinski definition) is 1. The van der Waals surface area contributed by atoms with E-state index in [-0.39, 0.29) is 23.8 Å². The molecule has 1 N–H and O–H groups in total. The van der Waals surface area contributed by atoms with Crippen molar-refractivity contribution < 1.29 is 28.3 Å². The molecule has 2 aromatic carbocycles. The monoisotopic (exact) mass is 752 g/mol. The Morgan fingerprint density at radius 2 is 1.81 bits per heavy atom. The van der Waals surface area contributed by atoms with E-state index in [9.17, 15) is 14.4 Å². The number of amides is 3. The summed E-state index contributed by atoms with van der Waals surface area (Å²) in [4.78, 5) is 37.8. The summed E-state index contributed by atoms with van der Waals surface area (Å²) in [6.07, 6.45) is 1.59. The van der Waals surface area contributed by atoms with Crippen LogP contribution in [-0.4, -0.2) is 29.9 Å². The molecule has 2 heterocycles. The predicted molar refractivity (Wildman–Crippen MR) is 150 cm³/mol. The molecule has 3 aromatic rings. The van der Waals surface area contributed by atoms with Gasteiger partial charge in [0, 0.05) is 0 Å². The Balaban J connectivity index is 1.47. The molecule has 4 rings (SSSR count). The van der Waals surface area contributed by atoms with E-state index < -0.39 is 17.9 Å². The van der Waals surface area contributed by atoms with Gasteiger partial charge in [-0.25, -0.2) is 9.59 Å². The van der Waals surface area contributed by atoms with Gasteiger partial charge in [-0.1, -0.05) is 29.3 Å². The van der Waals surface area contributed by atoms with E-state index in [1.54, 1.807) is 18.2 Å². The number of nitrogens with one attached hydrogen (secondary N) is 1. The van der Waals surface area contributed by atoms with Gasteiger partial charge in [0.1, 0.15) is 23.8 Å². The summed E-state index contributed by atoms with van der Waals surface area (Å²) >= 11 is 16.3. The van der Waals surface area contributed by atoms with E-state index in [2.05, 4.69) is 55.2 Å². The number of furan rings is 1. The van der Waals surface area contributed by atoms with Crippen molar-refractivity contribution >= 4 is 92.4 Å². The van der Waals surface area contributed by atoms with Crippen LogP contribution in [0.15, 0.2) is 52.6 Å². The van der Waals surface area contributed by atoms with Crippen molar-refractivity contribution in [1.29, 1.82) is 0 Å². The molecular weight excluding hydrogens is 737 g/mol. The summed E-state index contributed by atoms with van der Waals surface area (Å²) in [7, 11) is 1.23. The zero-order valence-electron chi connectivity index (χ0n) is 18.4. The highest BCUT2D eigenvalue weighted by atomic mass is 127. The second kappa shape index (κ2) is 11.4. The molecule has 1 saturated heterocycles. The summed E-state index contributed by atoms with van der Waals surface area (Å²) in [6.45, 7) is 0.173. The molecule has 1 aliphatic heterocycles. The van der Waals surface area contributed by atoms with Crippen LogP contribution in [0.25, 0.3) is 6.08 Å². The number of imide groups is 1. The average Bonchev–Trinajstić information content (AvgIpc) is 3.41. The molecule has 0 radical (unpaired) electrons. The average molecular weight is 753 g/mol. The molecule has 186 valence electrons. The lowest BCUT2D eigenvalue weighted by molar-refractivity contribution is -0.123. The molecule has 3 amide bonds. The maximum atomic E-state index is 12.9. The minimum Gasteiger partial charge on any atom is -0.487 e. The molecule has 0 bridgehead atoms. The maximum Gasteiger partial charge on any atom is 0.373 e. The number of carbonyl (C=O) groups is 3. The van der Waals surface area contributed by atoms with E-state index in [0.29, 0.717) is 28.0 Å². The lowest BCUT2D eigenvalue weighted by Crippen LogP contribution is -2.30. The standard InChI is InChI=1S/C24H16Cl2I2N2O6/c1-34-23(32)20-5-3-14(36-20)10-30-22(31)19(29-24(30)33)9-13-7-17(27)21(18(28)8-13)35-11-12-2-4-15(25)16(26)6-12/h2-9H,10-11H2,1H3,(H,29,33)/b19-9-. The van der Waals surface area contributed by atoms with Gasteiger partial charge < -0.3 is 19.2 Å². The number of esters is 1. The van der Waals surface area contributed by atoms with E-state index in [1.807, 2.05) is 18.2 Å². The summed E-state index contributed by atoms with van der Waals surface area (Å²) < 4.78 is 17.6. The normalized spacial score (nSPS) is 14.4. The zero-order chi connectivity index (χ0) is 26.0. The molecule has 8 nitrogen and oxygen atoms in total. The molecule has 0 spiro atoms. The first-order chi connectivity index (χ1) is 17.2. The topological polar surface area (TPSA) is 98.1 Å². The van der Waals surface area contributed by atoms with E-state index in [1.165, 1.54) is 19.2 Å². The van der Waals surface area contributed by atoms with Crippen molar-refractivity contribution in [1.82, 2.24) is 10.2 Å². The molecule has 0 atom stereocenters. The molecule has 12 heteroatoms. The first-order valence-corrected chi connectivity index (χ1v) is 13.1. The van der Waals surface area contributed by atoms with E-state index in [0.717, 1.165) is 17.6 Å². The van der Waals surface area contributed by atoms with Gasteiger partial charge in [0.2, 0.25) is 5.76 Å². The fourth-order valence-electron chi connectivity index (χ4n) is 3.30. The third-order valence-corrected chi connectivity index (χ3v) is 7.36. The van der Waals surface area contributed by atoms with Crippen LogP contribution in [0, 0.1) is 7.14 Å². The number of hydrogen-bond acceptors (Lipinski definition) is 6. The largest absolute Gasteiger partial charge is 0.487 e. The quantitative estimate of drug-likeness (QED) is 0.133. The Labute approximate surface area is 243 Å². The molecular formula is C24H16Cl2I2N2O6. The van der Waals surface area contributed by atoms with Crippen molar-refractivity contribution in [2.24, 2.45) is 0 Å². The van der Waals surface area contributed by atoms with Gasteiger partial charge in [-0.2, -0.15) is 0 Å². The van der Waals surface area contributed by atoms with Crippen LogP contribution >= 0.6 is 68.4 Å². The van der Waals surface area contributed by atoms with Crippen LogP contribution in [0.1, 0.15) is 27.4 Å². The van der Waals surface area contributed by atoms with Crippen molar-refractivity contribution in [3.8, 4) is 5.75 Å².